The van der Waals surface area contributed by atoms with Crippen LogP contribution in [0.5, 0.6) is 0 Å². The minimum Gasteiger partial charge on any atom is -0.472 e. The topological polar surface area (TPSA) is 55.3 Å². The van der Waals surface area contributed by atoms with Crippen LogP contribution in [0.3, 0.4) is 0 Å². The number of aromatic nitrogens is 1. The highest BCUT2D eigenvalue weighted by molar-refractivity contribution is 6.37. The fourth-order valence-electron chi connectivity index (χ4n) is 1.47. The number of nitrogens with zero attached hydrogens (tertiary/aromatic N) is 2. The van der Waals surface area contributed by atoms with Crippen LogP contribution in [0.15, 0.2) is 29.1 Å². The minimum atomic E-state index is 0.269. The van der Waals surface area contributed by atoms with Gasteiger partial charge >= 0.3 is 0 Å². The Hall–Kier alpha value is -1.39. The van der Waals surface area contributed by atoms with Crippen LogP contribution >= 0.6 is 23.2 Å². The zero-order chi connectivity index (χ0) is 12.4. The standard InChI is InChI=1S/C11H11Cl2N3O/c1-16(5-7-2-3-17-6-7)11-9(13)4-8(12)10(14)15-11/h2-4,6H,5H2,1H3,(H2,14,15). The number of halogens is 2. The summed E-state index contributed by atoms with van der Waals surface area (Å²) in [6, 6.07) is 3.47. The highest BCUT2D eigenvalue weighted by atomic mass is 35.5. The maximum atomic E-state index is 6.07. The van der Waals surface area contributed by atoms with Crippen molar-refractivity contribution in [2.24, 2.45) is 0 Å². The summed E-state index contributed by atoms with van der Waals surface area (Å²) in [5.74, 6) is 0.861. The largest absolute Gasteiger partial charge is 0.472 e. The van der Waals surface area contributed by atoms with Crippen molar-refractivity contribution in [3.8, 4) is 0 Å². The Labute approximate surface area is 109 Å². The summed E-state index contributed by atoms with van der Waals surface area (Å²) in [6.45, 7) is 0.629. The van der Waals surface area contributed by atoms with Crippen molar-refractivity contribution in [3.05, 3.63) is 40.3 Å². The smallest absolute Gasteiger partial charge is 0.149 e. The molecule has 0 spiro atoms. The molecule has 17 heavy (non-hydrogen) atoms. The van der Waals surface area contributed by atoms with E-state index in [0.29, 0.717) is 22.4 Å². The van der Waals surface area contributed by atoms with E-state index in [1.807, 2.05) is 18.0 Å². The SMILES string of the molecule is CN(Cc1ccoc1)c1nc(N)c(Cl)cc1Cl. The molecule has 2 aromatic heterocycles. The predicted octanol–water partition coefficient (Wildman–Crippen LogP) is 3.20. The Bertz CT molecular complexity index is 514. The number of anilines is 2. The molecule has 0 saturated heterocycles. The Morgan fingerprint density at radius 3 is 2.82 bits per heavy atom. The van der Waals surface area contributed by atoms with E-state index in [0.717, 1.165) is 5.56 Å². The van der Waals surface area contributed by atoms with Crippen LogP contribution < -0.4 is 10.6 Å². The lowest BCUT2D eigenvalue weighted by atomic mass is 10.3. The molecule has 0 radical (unpaired) electrons. The number of nitrogen functional groups attached to an aromatic ring is 1. The van der Waals surface area contributed by atoms with E-state index in [9.17, 15) is 0 Å². The molecule has 2 aromatic rings. The molecule has 90 valence electrons. The maximum absolute atomic E-state index is 6.07. The van der Waals surface area contributed by atoms with Crippen LogP contribution in [0.1, 0.15) is 5.56 Å². The van der Waals surface area contributed by atoms with Gasteiger partial charge in [0, 0.05) is 19.2 Å². The van der Waals surface area contributed by atoms with Gasteiger partial charge in [0.15, 0.2) is 0 Å². The quantitative estimate of drug-likeness (QED) is 0.932. The average molecular weight is 272 g/mol. The first kappa shape index (κ1) is 12.1. The van der Waals surface area contributed by atoms with Crippen molar-refractivity contribution in [1.29, 1.82) is 0 Å². The summed E-state index contributed by atoms with van der Waals surface area (Å²) >= 11 is 11.9. The molecule has 4 nitrogen and oxygen atoms in total. The Morgan fingerprint density at radius 2 is 2.18 bits per heavy atom. The highest BCUT2D eigenvalue weighted by Crippen LogP contribution is 2.30. The molecule has 0 atom stereocenters. The lowest BCUT2D eigenvalue weighted by Gasteiger charge is -2.19. The normalized spacial score (nSPS) is 10.5. The summed E-state index contributed by atoms with van der Waals surface area (Å²) < 4.78 is 5.00. The van der Waals surface area contributed by atoms with Crippen molar-refractivity contribution in [1.82, 2.24) is 4.98 Å². The van der Waals surface area contributed by atoms with Crippen molar-refractivity contribution in [2.75, 3.05) is 17.7 Å². The van der Waals surface area contributed by atoms with Gasteiger partial charge < -0.3 is 15.1 Å². The van der Waals surface area contributed by atoms with E-state index in [1.165, 1.54) is 0 Å². The second kappa shape index (κ2) is 4.85. The molecular weight excluding hydrogens is 261 g/mol. The monoisotopic (exact) mass is 271 g/mol. The Morgan fingerprint density at radius 1 is 1.41 bits per heavy atom. The zero-order valence-electron chi connectivity index (χ0n) is 9.15. The second-order valence-corrected chi connectivity index (χ2v) is 4.46. The molecule has 0 aromatic carbocycles. The molecule has 2 heterocycles. The fraction of sp³-hybridized carbons (Fsp3) is 0.182. The van der Waals surface area contributed by atoms with E-state index in [-0.39, 0.29) is 5.82 Å². The average Bonchev–Trinajstić information content (AvgIpc) is 2.76. The van der Waals surface area contributed by atoms with Gasteiger partial charge in [0.2, 0.25) is 0 Å². The summed E-state index contributed by atoms with van der Waals surface area (Å²) in [7, 11) is 1.87. The van der Waals surface area contributed by atoms with E-state index in [1.54, 1.807) is 18.6 Å². The molecule has 2 rings (SSSR count). The molecule has 0 saturated carbocycles. The molecule has 0 amide bonds. The summed E-state index contributed by atoms with van der Waals surface area (Å²) in [6.07, 6.45) is 3.29. The highest BCUT2D eigenvalue weighted by Gasteiger charge is 2.12. The number of hydrogen-bond acceptors (Lipinski definition) is 4. The van der Waals surface area contributed by atoms with E-state index in [4.69, 9.17) is 33.4 Å². The van der Waals surface area contributed by atoms with Gasteiger partial charge in [0.25, 0.3) is 0 Å². The minimum absolute atomic E-state index is 0.269. The number of nitrogens with two attached hydrogens (primary N) is 1. The van der Waals surface area contributed by atoms with Crippen LogP contribution in [0.25, 0.3) is 0 Å². The van der Waals surface area contributed by atoms with Gasteiger partial charge in [-0.25, -0.2) is 4.98 Å². The number of furan rings is 1. The van der Waals surface area contributed by atoms with Crippen molar-refractivity contribution >= 4 is 34.8 Å². The molecule has 0 bridgehead atoms. The van der Waals surface area contributed by atoms with Gasteiger partial charge in [-0.15, -0.1) is 0 Å². The Balaban J connectivity index is 2.24. The molecule has 0 aliphatic rings. The fourth-order valence-corrected chi connectivity index (χ4v) is 1.97. The van der Waals surface area contributed by atoms with Crippen LogP contribution in [0.4, 0.5) is 11.6 Å². The predicted molar refractivity (Wildman–Crippen MR) is 69.5 cm³/mol. The van der Waals surface area contributed by atoms with Gasteiger partial charge in [0.1, 0.15) is 11.6 Å². The van der Waals surface area contributed by atoms with Crippen LogP contribution in [0, 0.1) is 0 Å². The number of rotatable bonds is 3. The van der Waals surface area contributed by atoms with Gasteiger partial charge in [0.05, 0.1) is 22.6 Å². The summed E-state index contributed by atoms with van der Waals surface area (Å²) in [4.78, 5) is 6.04. The number of hydrogen-bond donors (Lipinski definition) is 1. The molecule has 0 aliphatic heterocycles. The van der Waals surface area contributed by atoms with Crippen molar-refractivity contribution < 1.29 is 4.42 Å². The van der Waals surface area contributed by atoms with Gasteiger partial charge in [-0.2, -0.15) is 0 Å². The third kappa shape index (κ3) is 2.65. The first-order chi connectivity index (χ1) is 8.08. The molecular formula is C11H11Cl2N3O. The first-order valence-electron chi connectivity index (χ1n) is 4.91. The molecule has 0 aliphatic carbocycles. The van der Waals surface area contributed by atoms with Crippen LogP contribution in [0.2, 0.25) is 10.0 Å². The van der Waals surface area contributed by atoms with E-state index >= 15 is 0 Å². The van der Waals surface area contributed by atoms with Crippen LogP contribution in [-0.4, -0.2) is 12.0 Å². The maximum Gasteiger partial charge on any atom is 0.149 e. The van der Waals surface area contributed by atoms with Crippen LogP contribution in [-0.2, 0) is 6.54 Å². The molecule has 6 heteroatoms. The number of pyridine rings is 1. The third-order valence-corrected chi connectivity index (χ3v) is 2.88. The first-order valence-corrected chi connectivity index (χ1v) is 5.67. The zero-order valence-corrected chi connectivity index (χ0v) is 10.7. The van der Waals surface area contributed by atoms with Gasteiger partial charge in [-0.05, 0) is 12.1 Å². The lowest BCUT2D eigenvalue weighted by Crippen LogP contribution is -2.18. The van der Waals surface area contributed by atoms with Crippen molar-refractivity contribution in [2.45, 2.75) is 6.54 Å². The molecule has 0 fully saturated rings. The summed E-state index contributed by atoms with van der Waals surface area (Å²) in [5.41, 5.74) is 6.68. The Kier molecular flexibility index (Phi) is 3.45. The lowest BCUT2D eigenvalue weighted by molar-refractivity contribution is 0.563. The van der Waals surface area contributed by atoms with E-state index in [2.05, 4.69) is 4.98 Å². The van der Waals surface area contributed by atoms with Crippen molar-refractivity contribution in [3.63, 3.8) is 0 Å². The molecule has 0 unspecified atom stereocenters. The van der Waals surface area contributed by atoms with Gasteiger partial charge in [-0.1, -0.05) is 23.2 Å². The summed E-state index contributed by atoms with van der Waals surface area (Å²) in [5, 5.41) is 0.825. The second-order valence-electron chi connectivity index (χ2n) is 3.65. The molecule has 2 N–H and O–H groups in total. The van der Waals surface area contributed by atoms with E-state index < -0.39 is 0 Å². The van der Waals surface area contributed by atoms with Gasteiger partial charge in [-0.3, -0.25) is 0 Å². The third-order valence-electron chi connectivity index (χ3n) is 2.30.